The fourth-order valence-corrected chi connectivity index (χ4v) is 6.78. The molecule has 0 aliphatic carbocycles. The number of ether oxygens (including phenoxy) is 1. The van der Waals surface area contributed by atoms with Crippen LogP contribution < -0.4 is 4.90 Å². The van der Waals surface area contributed by atoms with Gasteiger partial charge in [0.1, 0.15) is 12.1 Å². The van der Waals surface area contributed by atoms with Crippen molar-refractivity contribution in [3.05, 3.63) is 57.3 Å². The molecule has 1 atom stereocenters. The zero-order valence-electron chi connectivity index (χ0n) is 24.7. The summed E-state index contributed by atoms with van der Waals surface area (Å²) in [7, 11) is 0. The molecule has 238 valence electrons. The van der Waals surface area contributed by atoms with E-state index in [1.54, 1.807) is 6.92 Å². The Morgan fingerprint density at radius 1 is 1.09 bits per heavy atom. The van der Waals surface area contributed by atoms with Crippen LogP contribution in [0.4, 0.5) is 27.8 Å². The third-order valence-electron chi connectivity index (χ3n) is 8.05. The fraction of sp³-hybridized carbons (Fsp3) is 0.533. The first-order chi connectivity index (χ1) is 21.0. The fourth-order valence-electron chi connectivity index (χ4n) is 5.66. The molecule has 0 saturated carbocycles. The third-order valence-corrected chi connectivity index (χ3v) is 9.09. The van der Waals surface area contributed by atoms with Gasteiger partial charge in [-0.2, -0.15) is 13.2 Å². The number of halogens is 5. The van der Waals surface area contributed by atoms with E-state index in [2.05, 4.69) is 31.7 Å². The SMILES string of the molecule is CCOC(=O)CCN1CCN(c2ncnc(Cc3nc(-c4cc(F)cc(C(F)(F)F)c4)c(CN4CCC[C@H]4C)s3)c2F)CC1. The zero-order chi connectivity index (χ0) is 31.4. The van der Waals surface area contributed by atoms with Crippen molar-refractivity contribution in [2.45, 2.75) is 58.3 Å². The van der Waals surface area contributed by atoms with Gasteiger partial charge >= 0.3 is 12.1 Å². The Bertz CT molecular complexity index is 1460. The van der Waals surface area contributed by atoms with Crippen molar-refractivity contribution in [1.82, 2.24) is 24.8 Å². The molecule has 3 aromatic rings. The van der Waals surface area contributed by atoms with Gasteiger partial charge in [0.25, 0.3) is 0 Å². The Hall–Kier alpha value is -3.23. The van der Waals surface area contributed by atoms with Crippen LogP contribution in [0.1, 0.15) is 54.3 Å². The first-order valence-corrected chi connectivity index (χ1v) is 15.6. The number of esters is 1. The highest BCUT2D eigenvalue weighted by Crippen LogP contribution is 2.37. The molecule has 14 heteroatoms. The lowest BCUT2D eigenvalue weighted by atomic mass is 10.1. The molecule has 2 aromatic heterocycles. The van der Waals surface area contributed by atoms with Crippen LogP contribution in [0.25, 0.3) is 11.3 Å². The van der Waals surface area contributed by atoms with Crippen molar-refractivity contribution in [2.24, 2.45) is 0 Å². The maximum atomic E-state index is 15.8. The normalized spacial score (nSPS) is 18.2. The molecular formula is C30H35F5N6O2S. The molecule has 2 aliphatic heterocycles. The maximum absolute atomic E-state index is 15.8. The molecule has 0 amide bonds. The van der Waals surface area contributed by atoms with Gasteiger partial charge in [-0.05, 0) is 51.4 Å². The van der Waals surface area contributed by atoms with Gasteiger partial charge in [0, 0.05) is 62.2 Å². The molecule has 44 heavy (non-hydrogen) atoms. The number of piperazine rings is 1. The van der Waals surface area contributed by atoms with Crippen LogP contribution in [-0.4, -0.2) is 82.6 Å². The summed E-state index contributed by atoms with van der Waals surface area (Å²) in [5, 5.41) is 0.465. The molecule has 2 aliphatic rings. The molecule has 0 unspecified atom stereocenters. The van der Waals surface area contributed by atoms with E-state index >= 15 is 4.39 Å². The van der Waals surface area contributed by atoms with Gasteiger partial charge in [-0.3, -0.25) is 14.6 Å². The Morgan fingerprint density at radius 2 is 1.86 bits per heavy atom. The molecule has 0 spiro atoms. The minimum atomic E-state index is -4.72. The van der Waals surface area contributed by atoms with Crippen LogP contribution in [-0.2, 0) is 28.7 Å². The molecule has 1 aromatic carbocycles. The second-order valence-electron chi connectivity index (χ2n) is 11.1. The Balaban J connectivity index is 1.36. The van der Waals surface area contributed by atoms with Crippen molar-refractivity contribution in [1.29, 1.82) is 0 Å². The van der Waals surface area contributed by atoms with Crippen molar-refractivity contribution < 1.29 is 31.5 Å². The number of hydrogen-bond donors (Lipinski definition) is 0. The summed E-state index contributed by atoms with van der Waals surface area (Å²) < 4.78 is 75.7. The number of carbonyl (C=O) groups excluding carboxylic acids is 1. The smallest absolute Gasteiger partial charge is 0.416 e. The standard InChI is InChI=1S/C30H35F5N6O2S/c1-3-43-26(42)6-8-39-9-11-40(12-10-39)29-27(32)23(36-18-37-29)16-25-38-28(24(44-25)17-41-7-4-5-19(41)2)20-13-21(30(33,34)35)15-22(31)14-20/h13-15,18-19H,3-12,16-17H2,1-2H3/t19-/m1/s1. The van der Waals surface area contributed by atoms with E-state index in [4.69, 9.17) is 4.74 Å². The van der Waals surface area contributed by atoms with Gasteiger partial charge in [0.05, 0.1) is 35.0 Å². The molecule has 0 bridgehead atoms. The second kappa shape index (κ2) is 13.8. The molecule has 2 saturated heterocycles. The van der Waals surface area contributed by atoms with Crippen molar-refractivity contribution in [2.75, 3.05) is 50.8 Å². The van der Waals surface area contributed by atoms with Gasteiger partial charge in [0.15, 0.2) is 11.6 Å². The molecule has 0 N–H and O–H groups in total. The van der Waals surface area contributed by atoms with E-state index in [9.17, 15) is 22.4 Å². The molecular weight excluding hydrogens is 603 g/mol. The van der Waals surface area contributed by atoms with E-state index in [-0.39, 0.29) is 35.2 Å². The molecule has 5 rings (SSSR count). The summed E-state index contributed by atoms with van der Waals surface area (Å²) in [6.45, 7) is 8.32. The minimum absolute atomic E-state index is 0.00945. The summed E-state index contributed by atoms with van der Waals surface area (Å²) in [6.07, 6.45) is -1.10. The lowest BCUT2D eigenvalue weighted by molar-refractivity contribution is -0.143. The van der Waals surface area contributed by atoms with Crippen molar-refractivity contribution >= 4 is 23.1 Å². The highest BCUT2D eigenvalue weighted by molar-refractivity contribution is 7.12. The maximum Gasteiger partial charge on any atom is 0.416 e. The van der Waals surface area contributed by atoms with Crippen LogP contribution in [0.3, 0.4) is 0 Å². The lowest BCUT2D eigenvalue weighted by Crippen LogP contribution is -2.47. The van der Waals surface area contributed by atoms with Gasteiger partial charge in [-0.25, -0.2) is 23.7 Å². The third kappa shape index (κ3) is 7.70. The van der Waals surface area contributed by atoms with Crippen molar-refractivity contribution in [3.8, 4) is 11.3 Å². The van der Waals surface area contributed by atoms with Crippen LogP contribution in [0.5, 0.6) is 0 Å². The molecule has 8 nitrogen and oxygen atoms in total. The largest absolute Gasteiger partial charge is 0.466 e. The summed E-state index contributed by atoms with van der Waals surface area (Å²) in [5.41, 5.74) is -0.666. The summed E-state index contributed by atoms with van der Waals surface area (Å²) in [6, 6.07) is 2.73. The Labute approximate surface area is 256 Å². The van der Waals surface area contributed by atoms with E-state index in [1.165, 1.54) is 17.7 Å². The van der Waals surface area contributed by atoms with Gasteiger partial charge < -0.3 is 9.64 Å². The van der Waals surface area contributed by atoms with Gasteiger partial charge in [-0.1, -0.05) is 0 Å². The number of carbonyl (C=O) groups is 1. The predicted molar refractivity (Wildman–Crippen MR) is 156 cm³/mol. The first-order valence-electron chi connectivity index (χ1n) is 14.7. The highest BCUT2D eigenvalue weighted by Gasteiger charge is 2.32. The van der Waals surface area contributed by atoms with Crippen LogP contribution in [0.2, 0.25) is 0 Å². The average molecular weight is 639 g/mol. The Morgan fingerprint density at radius 3 is 2.55 bits per heavy atom. The van der Waals surface area contributed by atoms with Crippen molar-refractivity contribution in [3.63, 3.8) is 0 Å². The van der Waals surface area contributed by atoms with E-state index < -0.39 is 23.4 Å². The van der Waals surface area contributed by atoms with Crippen LogP contribution in [0, 0.1) is 11.6 Å². The van der Waals surface area contributed by atoms with E-state index in [0.717, 1.165) is 31.5 Å². The number of nitrogens with zero attached hydrogens (tertiary/aromatic N) is 6. The first kappa shape index (κ1) is 32.2. The zero-order valence-corrected chi connectivity index (χ0v) is 25.5. The predicted octanol–water partition coefficient (Wildman–Crippen LogP) is 5.55. The number of anilines is 1. The number of aromatic nitrogens is 3. The second-order valence-corrected chi connectivity index (χ2v) is 12.3. The summed E-state index contributed by atoms with van der Waals surface area (Å²) in [4.78, 5) is 31.5. The topological polar surface area (TPSA) is 74.7 Å². The van der Waals surface area contributed by atoms with Crippen LogP contribution in [0.15, 0.2) is 24.5 Å². The number of likely N-dealkylation sites (tertiary alicyclic amines) is 1. The lowest BCUT2D eigenvalue weighted by Gasteiger charge is -2.35. The van der Waals surface area contributed by atoms with Gasteiger partial charge in [0.2, 0.25) is 0 Å². The quantitative estimate of drug-likeness (QED) is 0.212. The highest BCUT2D eigenvalue weighted by atomic mass is 32.1. The number of thiazole rings is 1. The minimum Gasteiger partial charge on any atom is -0.466 e. The Kier molecular flexibility index (Phi) is 10.1. The van der Waals surface area contributed by atoms with Crippen LogP contribution >= 0.6 is 11.3 Å². The summed E-state index contributed by atoms with van der Waals surface area (Å²) >= 11 is 1.28. The number of benzene rings is 1. The number of alkyl halides is 3. The number of hydrogen-bond acceptors (Lipinski definition) is 9. The molecule has 0 radical (unpaired) electrons. The molecule has 4 heterocycles. The average Bonchev–Trinajstić information content (AvgIpc) is 3.58. The summed E-state index contributed by atoms with van der Waals surface area (Å²) in [5.74, 6) is -1.66. The van der Waals surface area contributed by atoms with E-state index in [0.29, 0.717) is 74.3 Å². The van der Waals surface area contributed by atoms with E-state index in [1.807, 2.05) is 4.90 Å². The van der Waals surface area contributed by atoms with Gasteiger partial charge in [-0.15, -0.1) is 11.3 Å². The number of rotatable bonds is 10. The monoisotopic (exact) mass is 638 g/mol. The molecule has 2 fully saturated rings.